The maximum absolute atomic E-state index is 12.9. The molecule has 0 aromatic heterocycles. The Kier molecular flexibility index (Phi) is 7.70. The summed E-state index contributed by atoms with van der Waals surface area (Å²) in [5, 5.41) is 14.7. The summed E-state index contributed by atoms with van der Waals surface area (Å²) in [6.45, 7) is 5.02. The number of carbonyl (C=O) groups is 1. The molecule has 2 aromatic rings. The molecule has 10 heteroatoms. The van der Waals surface area contributed by atoms with E-state index in [1.807, 2.05) is 13.8 Å². The molecule has 178 valence electrons. The van der Waals surface area contributed by atoms with Crippen LogP contribution in [0.15, 0.2) is 47.4 Å². The van der Waals surface area contributed by atoms with E-state index in [4.69, 9.17) is 0 Å². The van der Waals surface area contributed by atoms with E-state index in [-0.39, 0.29) is 34.8 Å². The Morgan fingerprint density at radius 2 is 1.76 bits per heavy atom. The molecule has 1 fully saturated rings. The highest BCUT2D eigenvalue weighted by Gasteiger charge is 2.28. The Morgan fingerprint density at radius 3 is 2.33 bits per heavy atom. The van der Waals surface area contributed by atoms with Crippen LogP contribution in [0.5, 0.6) is 0 Å². The SMILES string of the molecule is CC(C)N(C)C(=O)c1ccc(CNc2ccc(S(=O)(=O)N3CCCCC3)cc2[N+](=O)[O-])cc1. The molecule has 0 aliphatic carbocycles. The molecule has 0 bridgehead atoms. The number of nitrogens with zero attached hydrogens (tertiary/aromatic N) is 3. The number of nitrogens with one attached hydrogen (secondary N) is 1. The van der Waals surface area contributed by atoms with E-state index in [0.717, 1.165) is 30.9 Å². The van der Waals surface area contributed by atoms with Gasteiger partial charge in [-0.3, -0.25) is 14.9 Å². The molecule has 1 amide bonds. The molecule has 1 N–H and O–H groups in total. The van der Waals surface area contributed by atoms with Gasteiger partial charge >= 0.3 is 0 Å². The van der Waals surface area contributed by atoms with Crippen LogP contribution in [0, 0.1) is 10.1 Å². The van der Waals surface area contributed by atoms with Crippen molar-refractivity contribution < 1.29 is 18.1 Å². The third-order valence-corrected chi connectivity index (χ3v) is 7.79. The quantitative estimate of drug-likeness (QED) is 0.459. The van der Waals surface area contributed by atoms with Gasteiger partial charge in [-0.25, -0.2) is 8.42 Å². The normalized spacial score (nSPS) is 14.8. The van der Waals surface area contributed by atoms with Crippen LogP contribution in [0.25, 0.3) is 0 Å². The zero-order valence-corrected chi connectivity index (χ0v) is 20.0. The number of piperidine rings is 1. The zero-order valence-electron chi connectivity index (χ0n) is 19.2. The largest absolute Gasteiger partial charge is 0.375 e. The van der Waals surface area contributed by atoms with Crippen molar-refractivity contribution in [2.75, 3.05) is 25.5 Å². The maximum Gasteiger partial charge on any atom is 0.293 e. The van der Waals surface area contributed by atoms with Gasteiger partial charge in [0.25, 0.3) is 11.6 Å². The van der Waals surface area contributed by atoms with Gasteiger partial charge in [0.1, 0.15) is 5.69 Å². The van der Waals surface area contributed by atoms with Gasteiger partial charge < -0.3 is 10.2 Å². The number of benzene rings is 2. The predicted molar refractivity (Wildman–Crippen MR) is 127 cm³/mol. The van der Waals surface area contributed by atoms with Crippen LogP contribution < -0.4 is 5.32 Å². The molecular formula is C23H30N4O5S. The van der Waals surface area contributed by atoms with Crippen molar-refractivity contribution in [3.8, 4) is 0 Å². The van der Waals surface area contributed by atoms with E-state index in [1.54, 1.807) is 36.2 Å². The summed E-state index contributed by atoms with van der Waals surface area (Å²) in [5.74, 6) is -0.0781. The van der Waals surface area contributed by atoms with Crippen molar-refractivity contribution in [3.05, 3.63) is 63.7 Å². The summed E-state index contributed by atoms with van der Waals surface area (Å²) in [7, 11) is -2.02. The van der Waals surface area contributed by atoms with E-state index < -0.39 is 14.9 Å². The standard InChI is InChI=1S/C23H30N4O5S/c1-17(2)25(3)23(28)19-9-7-18(8-10-19)16-24-21-12-11-20(15-22(21)27(29)30)33(31,32)26-13-5-4-6-14-26/h7-12,15,17,24H,4-6,13-14,16H2,1-3H3. The Bertz CT molecular complexity index is 1110. The molecule has 2 aromatic carbocycles. The molecule has 0 radical (unpaired) electrons. The molecule has 0 spiro atoms. The van der Waals surface area contributed by atoms with Crippen molar-refractivity contribution >= 4 is 27.3 Å². The van der Waals surface area contributed by atoms with Gasteiger partial charge in [-0.1, -0.05) is 18.6 Å². The van der Waals surface area contributed by atoms with Crippen LogP contribution in [0.1, 0.15) is 49.0 Å². The number of hydrogen-bond donors (Lipinski definition) is 1. The second kappa shape index (κ2) is 10.3. The molecule has 0 unspecified atom stereocenters. The molecular weight excluding hydrogens is 444 g/mol. The lowest BCUT2D eigenvalue weighted by atomic mass is 10.1. The molecule has 0 atom stereocenters. The van der Waals surface area contributed by atoms with Crippen LogP contribution in [0.2, 0.25) is 0 Å². The average molecular weight is 475 g/mol. The van der Waals surface area contributed by atoms with Crippen LogP contribution in [0.3, 0.4) is 0 Å². The van der Waals surface area contributed by atoms with Gasteiger partial charge in [0, 0.05) is 44.4 Å². The summed E-state index contributed by atoms with van der Waals surface area (Å²) < 4.78 is 27.2. The molecule has 9 nitrogen and oxygen atoms in total. The Hall–Kier alpha value is -2.98. The number of hydrogen-bond acceptors (Lipinski definition) is 6. The lowest BCUT2D eigenvalue weighted by molar-refractivity contribution is -0.384. The van der Waals surface area contributed by atoms with Crippen molar-refractivity contribution in [2.45, 2.75) is 50.6 Å². The summed E-state index contributed by atoms with van der Waals surface area (Å²) in [4.78, 5) is 25.0. The van der Waals surface area contributed by atoms with Gasteiger partial charge in [0.05, 0.1) is 9.82 Å². The second-order valence-electron chi connectivity index (χ2n) is 8.46. The first-order chi connectivity index (χ1) is 15.6. The number of nitro benzene ring substituents is 1. The van der Waals surface area contributed by atoms with Crippen LogP contribution in [-0.2, 0) is 16.6 Å². The third kappa shape index (κ3) is 5.69. The number of nitro groups is 1. The van der Waals surface area contributed by atoms with E-state index in [0.29, 0.717) is 18.7 Å². The third-order valence-electron chi connectivity index (χ3n) is 5.90. The van der Waals surface area contributed by atoms with E-state index in [9.17, 15) is 23.3 Å². The Morgan fingerprint density at radius 1 is 1.12 bits per heavy atom. The average Bonchev–Trinajstić information content (AvgIpc) is 2.82. The van der Waals surface area contributed by atoms with Gasteiger partial charge in [-0.15, -0.1) is 0 Å². The van der Waals surface area contributed by atoms with Crippen molar-refractivity contribution in [3.63, 3.8) is 0 Å². The lowest BCUT2D eigenvalue weighted by Crippen LogP contribution is -2.35. The molecule has 1 aliphatic heterocycles. The number of rotatable bonds is 8. The molecule has 1 aliphatic rings. The minimum Gasteiger partial charge on any atom is -0.375 e. The molecule has 1 saturated heterocycles. The van der Waals surface area contributed by atoms with Gasteiger partial charge in [-0.2, -0.15) is 4.31 Å². The fourth-order valence-electron chi connectivity index (χ4n) is 3.63. The van der Waals surface area contributed by atoms with E-state index in [1.165, 1.54) is 16.4 Å². The summed E-state index contributed by atoms with van der Waals surface area (Å²) in [5.41, 5.74) is 1.34. The highest BCUT2D eigenvalue weighted by molar-refractivity contribution is 7.89. The molecule has 0 saturated carbocycles. The van der Waals surface area contributed by atoms with Gasteiger partial charge in [-0.05, 0) is 56.5 Å². The first-order valence-electron chi connectivity index (χ1n) is 11.0. The minimum atomic E-state index is -3.76. The first-order valence-corrected chi connectivity index (χ1v) is 12.4. The fourth-order valence-corrected chi connectivity index (χ4v) is 5.17. The predicted octanol–water partition coefficient (Wildman–Crippen LogP) is 3.86. The Labute approximate surface area is 194 Å². The van der Waals surface area contributed by atoms with Gasteiger partial charge in [0.15, 0.2) is 0 Å². The van der Waals surface area contributed by atoms with E-state index in [2.05, 4.69) is 5.32 Å². The fraction of sp³-hybridized carbons (Fsp3) is 0.435. The first kappa shape index (κ1) is 24.7. The summed E-state index contributed by atoms with van der Waals surface area (Å²) in [6.07, 6.45) is 2.57. The highest BCUT2D eigenvalue weighted by Crippen LogP contribution is 2.30. The molecule has 3 rings (SSSR count). The van der Waals surface area contributed by atoms with E-state index >= 15 is 0 Å². The Balaban J connectivity index is 1.75. The molecule has 1 heterocycles. The number of carbonyl (C=O) groups excluding carboxylic acids is 1. The van der Waals surface area contributed by atoms with Crippen LogP contribution in [-0.4, -0.2) is 54.6 Å². The molecule has 33 heavy (non-hydrogen) atoms. The highest BCUT2D eigenvalue weighted by atomic mass is 32.2. The van der Waals surface area contributed by atoms with Crippen molar-refractivity contribution in [2.24, 2.45) is 0 Å². The maximum atomic E-state index is 12.9. The van der Waals surface area contributed by atoms with Crippen molar-refractivity contribution in [1.29, 1.82) is 0 Å². The zero-order chi connectivity index (χ0) is 24.2. The van der Waals surface area contributed by atoms with Gasteiger partial charge in [0.2, 0.25) is 10.0 Å². The monoisotopic (exact) mass is 474 g/mol. The summed E-state index contributed by atoms with van der Waals surface area (Å²) in [6, 6.07) is 11.1. The second-order valence-corrected chi connectivity index (χ2v) is 10.4. The number of anilines is 1. The van der Waals surface area contributed by atoms with Crippen LogP contribution in [0.4, 0.5) is 11.4 Å². The minimum absolute atomic E-state index is 0.0706. The topological polar surface area (TPSA) is 113 Å². The van der Waals surface area contributed by atoms with Crippen LogP contribution >= 0.6 is 0 Å². The summed E-state index contributed by atoms with van der Waals surface area (Å²) >= 11 is 0. The van der Waals surface area contributed by atoms with Crippen molar-refractivity contribution in [1.82, 2.24) is 9.21 Å². The lowest BCUT2D eigenvalue weighted by Gasteiger charge is -2.25. The number of amides is 1. The smallest absolute Gasteiger partial charge is 0.293 e. The number of sulfonamides is 1.